The highest BCUT2D eigenvalue weighted by Gasteiger charge is 2.10. The number of carboxylic acid groups (broad SMARTS) is 1. The van der Waals surface area contributed by atoms with Crippen LogP contribution in [0.3, 0.4) is 0 Å². The van der Waals surface area contributed by atoms with Crippen molar-refractivity contribution in [3.63, 3.8) is 0 Å². The van der Waals surface area contributed by atoms with Gasteiger partial charge in [-0.3, -0.25) is 0 Å². The van der Waals surface area contributed by atoms with E-state index in [2.05, 4.69) is 10.3 Å². The molecule has 3 aromatic rings. The summed E-state index contributed by atoms with van der Waals surface area (Å²) >= 11 is 1.53. The Morgan fingerprint density at radius 1 is 1.25 bits per heavy atom. The van der Waals surface area contributed by atoms with Crippen molar-refractivity contribution in [2.24, 2.45) is 0 Å². The third-order valence-corrected chi connectivity index (χ3v) is 3.68. The van der Waals surface area contributed by atoms with Gasteiger partial charge in [0.05, 0.1) is 27.0 Å². The zero-order valence-corrected chi connectivity index (χ0v) is 11.1. The second kappa shape index (κ2) is 4.82. The Morgan fingerprint density at radius 2 is 2.10 bits per heavy atom. The topological polar surface area (TPSA) is 88.2 Å². The summed E-state index contributed by atoms with van der Waals surface area (Å²) in [6.07, 6.45) is 0. The zero-order chi connectivity index (χ0) is 14.1. The number of nitrogens with one attached hydrogen (secondary N) is 1. The van der Waals surface area contributed by atoms with Crippen molar-refractivity contribution in [2.45, 2.75) is 0 Å². The predicted octanol–water partition coefficient (Wildman–Crippen LogP) is 3.32. The second-order valence-electron chi connectivity index (χ2n) is 4.27. The maximum Gasteiger partial charge on any atom is 0.337 e. The number of carbonyl (C=O) groups is 1. The molecular weight excluding hydrogens is 274 g/mol. The lowest BCUT2D eigenvalue weighted by atomic mass is 10.1. The monoisotopic (exact) mass is 285 g/mol. The van der Waals surface area contributed by atoms with E-state index in [0.717, 1.165) is 15.9 Å². The van der Waals surface area contributed by atoms with Crippen molar-refractivity contribution in [3.8, 4) is 0 Å². The number of hydrogen-bond acceptors (Lipinski definition) is 5. The molecule has 0 aliphatic heterocycles. The number of nitrogens with two attached hydrogens (primary N) is 1. The van der Waals surface area contributed by atoms with Gasteiger partial charge in [0.25, 0.3) is 0 Å². The van der Waals surface area contributed by atoms with Gasteiger partial charge in [0.2, 0.25) is 0 Å². The molecule has 0 aliphatic carbocycles. The number of aromatic carboxylic acids is 1. The first-order chi connectivity index (χ1) is 9.63. The first-order valence-corrected chi connectivity index (χ1v) is 6.74. The summed E-state index contributed by atoms with van der Waals surface area (Å²) in [5.41, 5.74) is 10.4. The van der Waals surface area contributed by atoms with Crippen LogP contribution < -0.4 is 11.1 Å². The van der Waals surface area contributed by atoms with E-state index in [4.69, 9.17) is 5.73 Å². The smallest absolute Gasteiger partial charge is 0.337 e. The molecular formula is C14H11N3O2S. The third-order valence-electron chi connectivity index (χ3n) is 2.88. The van der Waals surface area contributed by atoms with Gasteiger partial charge in [0.1, 0.15) is 0 Å². The van der Waals surface area contributed by atoms with Crippen molar-refractivity contribution in [1.29, 1.82) is 0 Å². The Labute approximate surface area is 118 Å². The van der Waals surface area contributed by atoms with Crippen LogP contribution in [-0.2, 0) is 0 Å². The summed E-state index contributed by atoms with van der Waals surface area (Å²) < 4.78 is 1.04. The fraction of sp³-hybridized carbons (Fsp3) is 0. The Bertz CT molecular complexity index is 798. The van der Waals surface area contributed by atoms with Gasteiger partial charge in [-0.25, -0.2) is 9.78 Å². The standard InChI is InChI=1S/C14H11N3O2S/c15-8-1-3-10(14(18)19)12(5-8)17-9-2-4-11-13(6-9)20-7-16-11/h1-7,17H,15H2,(H,18,19). The van der Waals surface area contributed by atoms with Gasteiger partial charge in [0.15, 0.2) is 0 Å². The molecule has 0 atom stereocenters. The summed E-state index contributed by atoms with van der Waals surface area (Å²) in [4.78, 5) is 15.4. The lowest BCUT2D eigenvalue weighted by Crippen LogP contribution is -2.03. The van der Waals surface area contributed by atoms with E-state index in [1.54, 1.807) is 17.6 Å². The largest absolute Gasteiger partial charge is 0.478 e. The molecule has 0 aliphatic rings. The Balaban J connectivity index is 2.01. The first-order valence-electron chi connectivity index (χ1n) is 5.86. The molecule has 0 bridgehead atoms. The summed E-state index contributed by atoms with van der Waals surface area (Å²) in [5.74, 6) is -0.994. The maximum atomic E-state index is 11.2. The van der Waals surface area contributed by atoms with E-state index in [1.807, 2.05) is 18.2 Å². The lowest BCUT2D eigenvalue weighted by molar-refractivity contribution is 0.0698. The molecule has 0 radical (unpaired) electrons. The first kappa shape index (κ1) is 12.4. The van der Waals surface area contributed by atoms with Gasteiger partial charge >= 0.3 is 5.97 Å². The zero-order valence-electron chi connectivity index (χ0n) is 10.3. The molecule has 1 aromatic heterocycles. The Morgan fingerprint density at radius 3 is 2.90 bits per heavy atom. The number of fused-ring (bicyclic) bond motifs is 1. The van der Waals surface area contributed by atoms with Gasteiger partial charge in [-0.15, -0.1) is 11.3 Å². The van der Waals surface area contributed by atoms with E-state index in [1.165, 1.54) is 17.4 Å². The number of rotatable bonds is 3. The van der Waals surface area contributed by atoms with Crippen LogP contribution in [0.1, 0.15) is 10.4 Å². The molecule has 100 valence electrons. The highest BCUT2D eigenvalue weighted by atomic mass is 32.1. The SMILES string of the molecule is Nc1ccc(C(=O)O)c(Nc2ccc3ncsc3c2)c1. The highest BCUT2D eigenvalue weighted by molar-refractivity contribution is 7.16. The van der Waals surface area contributed by atoms with Crippen molar-refractivity contribution in [3.05, 3.63) is 47.5 Å². The van der Waals surface area contributed by atoms with Crippen molar-refractivity contribution >= 4 is 44.6 Å². The van der Waals surface area contributed by atoms with Gasteiger partial charge in [-0.05, 0) is 36.4 Å². The number of hydrogen-bond donors (Lipinski definition) is 3. The number of anilines is 3. The van der Waals surface area contributed by atoms with E-state index in [9.17, 15) is 9.90 Å². The molecule has 3 rings (SSSR count). The van der Waals surface area contributed by atoms with Gasteiger partial charge in [-0.1, -0.05) is 0 Å². The van der Waals surface area contributed by atoms with Crippen molar-refractivity contribution < 1.29 is 9.90 Å². The van der Waals surface area contributed by atoms with Crippen LogP contribution in [0.15, 0.2) is 41.9 Å². The number of carboxylic acids is 1. The van der Waals surface area contributed by atoms with Gasteiger partial charge < -0.3 is 16.2 Å². The summed E-state index contributed by atoms with van der Waals surface area (Å²) in [6.45, 7) is 0. The molecule has 20 heavy (non-hydrogen) atoms. The molecule has 5 nitrogen and oxygen atoms in total. The molecule has 1 heterocycles. The highest BCUT2D eigenvalue weighted by Crippen LogP contribution is 2.27. The fourth-order valence-electron chi connectivity index (χ4n) is 1.94. The van der Waals surface area contributed by atoms with Gasteiger partial charge in [-0.2, -0.15) is 0 Å². The van der Waals surface area contributed by atoms with E-state index >= 15 is 0 Å². The minimum absolute atomic E-state index is 0.184. The van der Waals surface area contributed by atoms with Gasteiger partial charge in [0, 0.05) is 11.4 Å². The van der Waals surface area contributed by atoms with Crippen LogP contribution in [-0.4, -0.2) is 16.1 Å². The second-order valence-corrected chi connectivity index (χ2v) is 5.16. The number of benzene rings is 2. The van der Waals surface area contributed by atoms with E-state index in [-0.39, 0.29) is 5.56 Å². The van der Waals surface area contributed by atoms with Crippen LogP contribution in [0.25, 0.3) is 10.2 Å². The lowest BCUT2D eigenvalue weighted by Gasteiger charge is -2.10. The summed E-state index contributed by atoms with van der Waals surface area (Å²) in [7, 11) is 0. The predicted molar refractivity (Wildman–Crippen MR) is 80.7 cm³/mol. The Hall–Kier alpha value is -2.60. The number of nitrogen functional groups attached to an aromatic ring is 1. The summed E-state index contributed by atoms with van der Waals surface area (Å²) in [5, 5.41) is 12.3. The summed E-state index contributed by atoms with van der Waals surface area (Å²) in [6, 6.07) is 10.4. The molecule has 2 aromatic carbocycles. The average molecular weight is 285 g/mol. The van der Waals surface area contributed by atoms with Crippen LogP contribution in [0.2, 0.25) is 0 Å². The number of aromatic nitrogens is 1. The molecule has 0 spiro atoms. The molecule has 4 N–H and O–H groups in total. The van der Waals surface area contributed by atoms with E-state index < -0.39 is 5.97 Å². The van der Waals surface area contributed by atoms with Crippen LogP contribution >= 0.6 is 11.3 Å². The maximum absolute atomic E-state index is 11.2. The minimum Gasteiger partial charge on any atom is -0.478 e. The molecule has 0 saturated carbocycles. The number of nitrogens with zero attached hydrogens (tertiary/aromatic N) is 1. The molecule has 6 heteroatoms. The third kappa shape index (κ3) is 2.28. The fourth-order valence-corrected chi connectivity index (χ4v) is 2.66. The molecule has 0 amide bonds. The van der Waals surface area contributed by atoms with Crippen molar-refractivity contribution in [2.75, 3.05) is 11.1 Å². The minimum atomic E-state index is -0.994. The Kier molecular flexibility index (Phi) is 3.00. The quantitative estimate of drug-likeness (QED) is 0.642. The molecule has 0 fully saturated rings. The molecule has 0 saturated heterocycles. The molecule has 0 unspecified atom stereocenters. The number of thiazole rings is 1. The van der Waals surface area contributed by atoms with Crippen molar-refractivity contribution in [1.82, 2.24) is 4.98 Å². The van der Waals surface area contributed by atoms with E-state index in [0.29, 0.717) is 11.4 Å². The van der Waals surface area contributed by atoms with Crippen LogP contribution in [0, 0.1) is 0 Å². The average Bonchev–Trinajstić information content (AvgIpc) is 2.85. The van der Waals surface area contributed by atoms with Crippen LogP contribution in [0.5, 0.6) is 0 Å². The normalized spacial score (nSPS) is 10.6. The van der Waals surface area contributed by atoms with Crippen LogP contribution in [0.4, 0.5) is 17.1 Å².